The molecule has 0 aliphatic heterocycles. The van der Waals surface area contributed by atoms with E-state index in [1.165, 1.54) is 55.5 Å². The lowest BCUT2D eigenvalue weighted by Crippen LogP contribution is -2.12. The van der Waals surface area contributed by atoms with Crippen LogP contribution in [0.15, 0.2) is 137 Å². The van der Waals surface area contributed by atoms with Gasteiger partial charge in [-0.1, -0.05) is 60.7 Å². The number of carbonyl (C=O) groups is 1. The zero-order valence-corrected chi connectivity index (χ0v) is 26.1. The number of nitrogen functional groups attached to an aromatic ring is 1. The lowest BCUT2D eigenvalue weighted by atomic mass is 10.1. The molecule has 0 atom stereocenters. The van der Waals surface area contributed by atoms with Gasteiger partial charge in [-0.25, -0.2) is 9.59 Å². The van der Waals surface area contributed by atoms with E-state index in [-0.39, 0.29) is 55.9 Å². The van der Waals surface area contributed by atoms with Crippen LogP contribution < -0.4 is 25.4 Å². The van der Waals surface area contributed by atoms with Gasteiger partial charge in [-0.3, -0.25) is 4.79 Å². The summed E-state index contributed by atoms with van der Waals surface area (Å²) in [4.78, 5) is 34.8. The quantitative estimate of drug-likeness (QED) is 0.171. The Kier molecular flexibility index (Phi) is 9.26. The lowest BCUT2D eigenvalue weighted by Gasteiger charge is -2.09. The number of rotatable bonds is 8. The van der Waals surface area contributed by atoms with Crippen LogP contribution >= 0.6 is 0 Å². The maximum atomic E-state index is 12.4. The molecule has 0 radical (unpaired) electrons. The van der Waals surface area contributed by atoms with Crippen molar-refractivity contribution in [2.45, 2.75) is 23.1 Å². The summed E-state index contributed by atoms with van der Waals surface area (Å²) in [6, 6.07) is 27.5. The molecule has 6 rings (SSSR count). The minimum absolute atomic E-state index is 0.00444. The molecular formula is C33H25NO11S2. The number of Topliss-reactive ketones (excluding diaryl/α,β-unsaturated/α-hetero) is 1. The van der Waals surface area contributed by atoms with Gasteiger partial charge in [0.25, 0.3) is 0 Å². The average molecular weight is 676 g/mol. The normalized spacial score (nSPS) is 11.4. The molecule has 0 bridgehead atoms. The fraction of sp³-hybridized carbons (Fsp3) is 0.0606. The van der Waals surface area contributed by atoms with Crippen molar-refractivity contribution in [1.29, 1.82) is 0 Å². The summed E-state index contributed by atoms with van der Waals surface area (Å²) in [5.41, 5.74) is 4.23. The summed E-state index contributed by atoms with van der Waals surface area (Å²) < 4.78 is 69.7. The predicted molar refractivity (Wildman–Crippen MR) is 172 cm³/mol. The third-order valence-corrected chi connectivity index (χ3v) is 8.95. The van der Waals surface area contributed by atoms with E-state index in [9.17, 15) is 31.2 Å². The van der Waals surface area contributed by atoms with Gasteiger partial charge in [0.2, 0.25) is 0 Å². The first kappa shape index (κ1) is 32.7. The largest absolute Gasteiger partial charge is 0.418 e. The second kappa shape index (κ2) is 13.3. The van der Waals surface area contributed by atoms with E-state index in [0.29, 0.717) is 10.8 Å². The van der Waals surface area contributed by atoms with Crippen molar-refractivity contribution in [3.8, 4) is 11.5 Å². The Morgan fingerprint density at radius 2 is 1.09 bits per heavy atom. The van der Waals surface area contributed by atoms with Gasteiger partial charge < -0.3 is 22.9 Å². The first-order chi connectivity index (χ1) is 22.3. The predicted octanol–water partition coefficient (Wildman–Crippen LogP) is 4.84. The van der Waals surface area contributed by atoms with E-state index in [0.717, 1.165) is 0 Å². The number of ketones is 1. The van der Waals surface area contributed by atoms with Crippen molar-refractivity contribution in [2.75, 3.05) is 5.73 Å². The van der Waals surface area contributed by atoms with Crippen LogP contribution in [-0.2, 0) is 31.5 Å². The minimum Gasteiger partial charge on any atom is -0.418 e. The van der Waals surface area contributed by atoms with Crippen molar-refractivity contribution in [3.63, 3.8) is 0 Å². The SMILES string of the molecule is CC(=O)Cc1cc2cccc(OS(=O)(=O)c3ccccc3)c2oc1=O.Nc1cc2cccc(OS(=O)(=O)c3ccccc3)c2oc1=O. The molecule has 6 aromatic rings. The fourth-order valence-electron chi connectivity index (χ4n) is 4.32. The average Bonchev–Trinajstić information content (AvgIpc) is 3.03. The van der Waals surface area contributed by atoms with Crippen molar-refractivity contribution >= 4 is 53.6 Å². The van der Waals surface area contributed by atoms with E-state index >= 15 is 0 Å². The van der Waals surface area contributed by atoms with Crippen LogP contribution in [0.3, 0.4) is 0 Å². The highest BCUT2D eigenvalue weighted by Crippen LogP contribution is 2.29. The number of nitrogens with two attached hydrogens (primary N) is 1. The zero-order chi connectivity index (χ0) is 33.8. The molecule has 0 aliphatic carbocycles. The van der Waals surface area contributed by atoms with Gasteiger partial charge in [-0.05, 0) is 55.5 Å². The standard InChI is InChI=1S/C18H14O6S.C15H11NO5S/c1-12(19)10-14-11-13-6-5-9-16(17(13)23-18(14)20)24-25(21,22)15-7-3-2-4-8-15;16-12-9-10-5-4-8-13(14(10)20-15(12)17)21-22(18,19)11-6-2-1-3-7-11/h2-9,11H,10H2,1H3;1-9H,16H2. The van der Waals surface area contributed by atoms with Gasteiger partial charge in [0.15, 0.2) is 22.7 Å². The maximum absolute atomic E-state index is 12.4. The fourth-order valence-corrected chi connectivity index (χ4v) is 6.23. The van der Waals surface area contributed by atoms with E-state index < -0.39 is 31.5 Å². The maximum Gasteiger partial charge on any atom is 0.359 e. The molecule has 2 aromatic heterocycles. The molecule has 4 aromatic carbocycles. The van der Waals surface area contributed by atoms with Crippen LogP contribution in [-0.4, -0.2) is 22.6 Å². The zero-order valence-electron chi connectivity index (χ0n) is 24.5. The van der Waals surface area contributed by atoms with Crippen molar-refractivity contribution in [1.82, 2.24) is 0 Å². The summed E-state index contributed by atoms with van der Waals surface area (Å²) in [6.45, 7) is 1.37. The van der Waals surface area contributed by atoms with Crippen LogP contribution in [0.25, 0.3) is 21.9 Å². The van der Waals surface area contributed by atoms with E-state index in [1.807, 2.05) is 0 Å². The highest BCUT2D eigenvalue weighted by atomic mass is 32.2. The number of anilines is 1. The summed E-state index contributed by atoms with van der Waals surface area (Å²) in [5.74, 6) is -0.336. The molecule has 2 N–H and O–H groups in total. The topological polar surface area (TPSA) is 190 Å². The number of fused-ring (bicyclic) bond motifs is 2. The second-order valence-electron chi connectivity index (χ2n) is 9.98. The van der Waals surface area contributed by atoms with Crippen LogP contribution in [0.2, 0.25) is 0 Å². The van der Waals surface area contributed by atoms with Crippen molar-refractivity contribution in [2.24, 2.45) is 0 Å². The lowest BCUT2D eigenvalue weighted by molar-refractivity contribution is -0.116. The summed E-state index contributed by atoms with van der Waals surface area (Å²) in [6.07, 6.45) is -0.0499. The minimum atomic E-state index is -4.06. The number of hydrogen-bond donors (Lipinski definition) is 1. The highest BCUT2D eigenvalue weighted by Gasteiger charge is 2.21. The van der Waals surface area contributed by atoms with Crippen molar-refractivity contribution in [3.05, 3.63) is 136 Å². The number of benzene rings is 4. The first-order valence-electron chi connectivity index (χ1n) is 13.7. The Morgan fingerprint density at radius 1 is 0.638 bits per heavy atom. The number of para-hydroxylation sites is 2. The van der Waals surface area contributed by atoms with Gasteiger partial charge in [-0.2, -0.15) is 16.8 Å². The van der Waals surface area contributed by atoms with Crippen molar-refractivity contribution < 1.29 is 38.8 Å². The second-order valence-corrected chi connectivity index (χ2v) is 13.1. The molecule has 240 valence electrons. The Bertz CT molecular complexity index is 2440. The molecule has 0 saturated carbocycles. The Morgan fingerprint density at radius 3 is 1.55 bits per heavy atom. The van der Waals surface area contributed by atoms with Gasteiger partial charge in [0.05, 0.1) is 0 Å². The summed E-state index contributed by atoms with van der Waals surface area (Å²) in [7, 11) is -8.08. The Labute approximate surface area is 267 Å². The monoisotopic (exact) mass is 675 g/mol. The van der Waals surface area contributed by atoms with Crippen LogP contribution in [0.5, 0.6) is 11.5 Å². The third-order valence-electron chi connectivity index (χ3n) is 6.45. The highest BCUT2D eigenvalue weighted by molar-refractivity contribution is 7.87. The molecule has 0 fully saturated rings. The summed E-state index contributed by atoms with van der Waals surface area (Å²) >= 11 is 0. The molecule has 12 nitrogen and oxygen atoms in total. The Hall–Kier alpha value is -5.73. The molecule has 2 heterocycles. The van der Waals surface area contributed by atoms with Crippen LogP contribution in [0.1, 0.15) is 12.5 Å². The number of hydrogen-bond acceptors (Lipinski definition) is 12. The molecule has 0 amide bonds. The van der Waals surface area contributed by atoms with Crippen LogP contribution in [0, 0.1) is 0 Å². The number of carbonyl (C=O) groups excluding carboxylic acids is 1. The van der Waals surface area contributed by atoms with E-state index in [4.69, 9.17) is 22.9 Å². The molecule has 0 aliphatic rings. The van der Waals surface area contributed by atoms with Gasteiger partial charge in [0, 0.05) is 22.8 Å². The van der Waals surface area contributed by atoms with Gasteiger partial charge in [0.1, 0.15) is 21.3 Å². The van der Waals surface area contributed by atoms with Gasteiger partial charge >= 0.3 is 31.5 Å². The molecule has 47 heavy (non-hydrogen) atoms. The molecular weight excluding hydrogens is 650 g/mol. The molecule has 0 spiro atoms. The van der Waals surface area contributed by atoms with Gasteiger partial charge in [-0.15, -0.1) is 0 Å². The first-order valence-corrected chi connectivity index (χ1v) is 16.5. The Balaban J connectivity index is 0.000000186. The molecule has 14 heteroatoms. The van der Waals surface area contributed by atoms with E-state index in [1.54, 1.807) is 60.7 Å². The summed E-state index contributed by atoms with van der Waals surface area (Å²) in [5, 5.41) is 0.939. The van der Waals surface area contributed by atoms with E-state index in [2.05, 4.69) is 0 Å². The molecule has 0 unspecified atom stereocenters. The van der Waals surface area contributed by atoms with Crippen LogP contribution in [0.4, 0.5) is 5.69 Å². The third kappa shape index (κ3) is 7.57. The smallest absolute Gasteiger partial charge is 0.359 e. The molecule has 0 saturated heterocycles.